The normalized spacial score (nSPS) is 11.9. The van der Waals surface area contributed by atoms with Crippen molar-refractivity contribution >= 4 is 10.0 Å². The Morgan fingerprint density at radius 2 is 2.07 bits per heavy atom. The molecule has 0 radical (unpaired) electrons. The van der Waals surface area contributed by atoms with Crippen molar-refractivity contribution in [2.45, 2.75) is 24.9 Å². The second-order valence-corrected chi connectivity index (χ2v) is 5.08. The molecule has 1 aromatic heterocycles. The number of aromatic nitrogens is 1. The summed E-state index contributed by atoms with van der Waals surface area (Å²) in [6.07, 6.45) is 1.65. The Hall–Kier alpha value is -0.850. The molecule has 0 saturated heterocycles. The summed E-state index contributed by atoms with van der Waals surface area (Å²) in [6, 6.07) is 1.69. The third kappa shape index (κ3) is 2.58. The Bertz CT molecular complexity index is 423. The lowest BCUT2D eigenvalue weighted by atomic mass is 10.4. The van der Waals surface area contributed by atoms with Crippen molar-refractivity contribution in [3.63, 3.8) is 0 Å². The molecular formula is C9H17N3O2S. The zero-order valence-electron chi connectivity index (χ0n) is 9.24. The second-order valence-electron chi connectivity index (χ2n) is 3.19. The van der Waals surface area contributed by atoms with Crippen LogP contribution < -0.4 is 10.0 Å². The standard InChI is InChI=1S/C9H17N3O2S/c1-4-12-7-9(15(13,14)11-3)5-8(12)6-10-2/h5,7,10-11H,4,6H2,1-3H3. The van der Waals surface area contributed by atoms with Crippen molar-refractivity contribution in [2.24, 2.45) is 0 Å². The van der Waals surface area contributed by atoms with Crippen LogP contribution in [0.5, 0.6) is 0 Å². The van der Waals surface area contributed by atoms with E-state index in [0.717, 1.165) is 12.2 Å². The fourth-order valence-electron chi connectivity index (χ4n) is 1.41. The summed E-state index contributed by atoms with van der Waals surface area (Å²) in [5.74, 6) is 0. The maximum atomic E-state index is 11.5. The number of sulfonamides is 1. The highest BCUT2D eigenvalue weighted by atomic mass is 32.2. The van der Waals surface area contributed by atoms with Gasteiger partial charge < -0.3 is 9.88 Å². The molecule has 1 aromatic rings. The van der Waals surface area contributed by atoms with Gasteiger partial charge in [-0.05, 0) is 27.1 Å². The Kier molecular flexibility index (Phi) is 3.90. The lowest BCUT2D eigenvalue weighted by Crippen LogP contribution is -2.17. The Labute approximate surface area is 90.5 Å². The third-order valence-corrected chi connectivity index (χ3v) is 3.62. The summed E-state index contributed by atoms with van der Waals surface area (Å²) >= 11 is 0. The molecule has 0 aliphatic rings. The van der Waals surface area contributed by atoms with Crippen molar-refractivity contribution in [2.75, 3.05) is 14.1 Å². The van der Waals surface area contributed by atoms with E-state index >= 15 is 0 Å². The van der Waals surface area contributed by atoms with E-state index in [0.29, 0.717) is 11.4 Å². The molecule has 0 bridgehead atoms. The number of nitrogens with zero attached hydrogens (tertiary/aromatic N) is 1. The fourth-order valence-corrected chi connectivity index (χ4v) is 2.21. The molecule has 1 heterocycles. The third-order valence-electron chi connectivity index (χ3n) is 2.24. The first-order chi connectivity index (χ1) is 7.05. The van der Waals surface area contributed by atoms with Crippen LogP contribution in [0.15, 0.2) is 17.2 Å². The maximum absolute atomic E-state index is 11.5. The summed E-state index contributed by atoms with van der Waals surface area (Å²) in [7, 11) is -0.0812. The minimum Gasteiger partial charge on any atom is -0.349 e. The lowest BCUT2D eigenvalue weighted by Gasteiger charge is -2.03. The van der Waals surface area contributed by atoms with Crippen molar-refractivity contribution in [1.29, 1.82) is 0 Å². The Morgan fingerprint density at radius 3 is 2.53 bits per heavy atom. The molecule has 5 nitrogen and oxygen atoms in total. The molecule has 0 atom stereocenters. The van der Waals surface area contributed by atoms with Crippen LogP contribution in [0, 0.1) is 0 Å². The smallest absolute Gasteiger partial charge is 0.241 e. The lowest BCUT2D eigenvalue weighted by molar-refractivity contribution is 0.588. The monoisotopic (exact) mass is 231 g/mol. The van der Waals surface area contributed by atoms with E-state index in [1.54, 1.807) is 12.3 Å². The molecule has 0 unspecified atom stereocenters. The van der Waals surface area contributed by atoms with Crippen LogP contribution in [0.2, 0.25) is 0 Å². The molecular weight excluding hydrogens is 214 g/mol. The average molecular weight is 231 g/mol. The maximum Gasteiger partial charge on any atom is 0.241 e. The molecule has 0 aliphatic carbocycles. The zero-order valence-corrected chi connectivity index (χ0v) is 10.1. The number of aryl methyl sites for hydroxylation is 1. The second kappa shape index (κ2) is 4.78. The van der Waals surface area contributed by atoms with Gasteiger partial charge in [-0.2, -0.15) is 0 Å². The minimum atomic E-state index is -3.33. The van der Waals surface area contributed by atoms with Gasteiger partial charge in [0.25, 0.3) is 0 Å². The van der Waals surface area contributed by atoms with E-state index in [2.05, 4.69) is 10.0 Å². The van der Waals surface area contributed by atoms with Crippen LogP contribution >= 0.6 is 0 Å². The van der Waals surface area contributed by atoms with Gasteiger partial charge in [-0.1, -0.05) is 0 Å². The molecule has 0 aromatic carbocycles. The summed E-state index contributed by atoms with van der Waals surface area (Å²) in [5, 5.41) is 3.01. The molecule has 15 heavy (non-hydrogen) atoms. The summed E-state index contributed by atoms with van der Waals surface area (Å²) in [4.78, 5) is 0.317. The van der Waals surface area contributed by atoms with Gasteiger partial charge in [-0.3, -0.25) is 0 Å². The Morgan fingerprint density at radius 1 is 1.40 bits per heavy atom. The van der Waals surface area contributed by atoms with E-state index < -0.39 is 10.0 Å². The van der Waals surface area contributed by atoms with Gasteiger partial charge in [0.2, 0.25) is 10.0 Å². The largest absolute Gasteiger partial charge is 0.349 e. The molecule has 0 saturated carbocycles. The van der Waals surface area contributed by atoms with Gasteiger partial charge >= 0.3 is 0 Å². The molecule has 1 rings (SSSR count). The first kappa shape index (κ1) is 12.2. The van der Waals surface area contributed by atoms with Crippen molar-refractivity contribution < 1.29 is 8.42 Å². The number of nitrogens with one attached hydrogen (secondary N) is 2. The highest BCUT2D eigenvalue weighted by Gasteiger charge is 2.15. The zero-order chi connectivity index (χ0) is 11.5. The average Bonchev–Trinajstić information content (AvgIpc) is 2.62. The van der Waals surface area contributed by atoms with Crippen LogP contribution in [-0.2, 0) is 23.1 Å². The topological polar surface area (TPSA) is 63.1 Å². The molecule has 0 spiro atoms. The van der Waals surface area contributed by atoms with E-state index in [1.165, 1.54) is 7.05 Å². The quantitative estimate of drug-likeness (QED) is 0.757. The Balaban J connectivity index is 3.13. The van der Waals surface area contributed by atoms with E-state index in [4.69, 9.17) is 0 Å². The summed E-state index contributed by atoms with van der Waals surface area (Å²) in [6.45, 7) is 3.40. The van der Waals surface area contributed by atoms with Crippen LogP contribution in [0.3, 0.4) is 0 Å². The van der Waals surface area contributed by atoms with Gasteiger partial charge in [0, 0.05) is 25.0 Å². The predicted molar refractivity (Wildman–Crippen MR) is 59.1 cm³/mol. The van der Waals surface area contributed by atoms with Crippen molar-refractivity contribution in [3.8, 4) is 0 Å². The van der Waals surface area contributed by atoms with Gasteiger partial charge in [0.1, 0.15) is 0 Å². The number of rotatable bonds is 5. The molecule has 86 valence electrons. The van der Waals surface area contributed by atoms with Crippen LogP contribution in [0.4, 0.5) is 0 Å². The molecule has 0 amide bonds. The van der Waals surface area contributed by atoms with Gasteiger partial charge in [0.15, 0.2) is 0 Å². The molecule has 0 aliphatic heterocycles. The molecule has 6 heteroatoms. The van der Waals surface area contributed by atoms with Crippen molar-refractivity contribution in [3.05, 3.63) is 18.0 Å². The van der Waals surface area contributed by atoms with Crippen LogP contribution in [0.25, 0.3) is 0 Å². The van der Waals surface area contributed by atoms with Gasteiger partial charge in [-0.15, -0.1) is 0 Å². The van der Waals surface area contributed by atoms with E-state index in [9.17, 15) is 8.42 Å². The molecule has 2 N–H and O–H groups in total. The first-order valence-corrected chi connectivity index (χ1v) is 6.30. The number of hydrogen-bond donors (Lipinski definition) is 2. The van der Waals surface area contributed by atoms with Crippen LogP contribution in [0.1, 0.15) is 12.6 Å². The highest BCUT2D eigenvalue weighted by Crippen LogP contribution is 2.13. The van der Waals surface area contributed by atoms with E-state index in [-0.39, 0.29) is 0 Å². The van der Waals surface area contributed by atoms with Gasteiger partial charge in [-0.25, -0.2) is 13.1 Å². The predicted octanol–water partition coefficient (Wildman–Crippen LogP) is 0.136. The van der Waals surface area contributed by atoms with E-state index in [1.807, 2.05) is 18.5 Å². The van der Waals surface area contributed by atoms with Gasteiger partial charge in [0.05, 0.1) is 4.90 Å². The summed E-state index contributed by atoms with van der Waals surface area (Å²) in [5.41, 5.74) is 0.967. The first-order valence-electron chi connectivity index (χ1n) is 4.82. The number of hydrogen-bond acceptors (Lipinski definition) is 3. The minimum absolute atomic E-state index is 0.317. The molecule has 0 fully saturated rings. The van der Waals surface area contributed by atoms with Crippen molar-refractivity contribution in [1.82, 2.24) is 14.6 Å². The fraction of sp³-hybridized carbons (Fsp3) is 0.556. The summed E-state index contributed by atoms with van der Waals surface area (Å²) < 4.78 is 27.3. The SMILES string of the molecule is CCn1cc(S(=O)(=O)NC)cc1CNC. The van der Waals surface area contributed by atoms with Crippen LogP contribution in [-0.4, -0.2) is 27.1 Å². The highest BCUT2D eigenvalue weighted by molar-refractivity contribution is 7.89.